The van der Waals surface area contributed by atoms with Gasteiger partial charge in [0.1, 0.15) is 12.3 Å². The number of aromatic nitrogens is 1. The molecule has 0 fully saturated rings. The van der Waals surface area contributed by atoms with Crippen LogP contribution in [0.25, 0.3) is 11.3 Å². The van der Waals surface area contributed by atoms with E-state index in [1.165, 1.54) is 4.90 Å². The lowest BCUT2D eigenvalue weighted by atomic mass is 10.2. The van der Waals surface area contributed by atoms with Crippen LogP contribution in [0.5, 0.6) is 0 Å². The highest BCUT2D eigenvalue weighted by Gasteiger charge is 2.18. The summed E-state index contributed by atoms with van der Waals surface area (Å²) >= 11 is 0. The van der Waals surface area contributed by atoms with Crippen LogP contribution in [0.1, 0.15) is 17.5 Å². The van der Waals surface area contributed by atoms with Crippen molar-refractivity contribution in [2.45, 2.75) is 6.92 Å². The number of amides is 1. The van der Waals surface area contributed by atoms with Gasteiger partial charge in [0.25, 0.3) is 5.91 Å². The molecule has 2 aromatic heterocycles. The molecule has 2 rings (SSSR count). The summed E-state index contributed by atoms with van der Waals surface area (Å²) in [5.41, 5.74) is 0.810. The summed E-state index contributed by atoms with van der Waals surface area (Å²) in [5, 5.41) is 8.66. The molecule has 2 aromatic rings. The number of hydrogen-bond acceptors (Lipinski definition) is 4. The molecule has 0 atom stereocenters. The molecule has 0 saturated heterocycles. The van der Waals surface area contributed by atoms with Crippen LogP contribution in [-0.2, 0) is 0 Å². The van der Waals surface area contributed by atoms with E-state index in [1.54, 1.807) is 30.6 Å². The molecule has 0 radical (unpaired) electrons. The average Bonchev–Trinajstić information content (AvgIpc) is 2.95. The van der Waals surface area contributed by atoms with Crippen molar-refractivity contribution in [1.29, 1.82) is 5.26 Å². The number of carbonyl (C=O) groups excluding carboxylic acids is 1. The number of nitriles is 1. The molecule has 0 spiro atoms. The molecule has 0 aromatic carbocycles. The van der Waals surface area contributed by atoms with Crippen LogP contribution in [-0.4, -0.2) is 28.9 Å². The standard InChI is InChI=1S/C14H13N3O2/c1-2-17(9-7-15)14(18)13-6-5-12(19-13)11-4-3-8-16-10-11/h3-6,8,10H,2,9H2,1H3. The molecule has 0 aliphatic rings. The molecule has 1 amide bonds. The summed E-state index contributed by atoms with van der Waals surface area (Å²) in [4.78, 5) is 17.5. The predicted octanol–water partition coefficient (Wildman–Crippen LogP) is 2.33. The highest BCUT2D eigenvalue weighted by Crippen LogP contribution is 2.21. The van der Waals surface area contributed by atoms with Crippen molar-refractivity contribution in [3.63, 3.8) is 0 Å². The molecular formula is C14H13N3O2. The zero-order chi connectivity index (χ0) is 13.7. The lowest BCUT2D eigenvalue weighted by Crippen LogP contribution is -2.30. The van der Waals surface area contributed by atoms with Gasteiger partial charge in [-0.15, -0.1) is 0 Å². The molecule has 0 saturated carbocycles. The second-order valence-corrected chi connectivity index (χ2v) is 3.88. The van der Waals surface area contributed by atoms with Crippen molar-refractivity contribution in [2.75, 3.05) is 13.1 Å². The van der Waals surface area contributed by atoms with Crippen LogP contribution < -0.4 is 0 Å². The van der Waals surface area contributed by atoms with E-state index in [1.807, 2.05) is 19.1 Å². The van der Waals surface area contributed by atoms with Gasteiger partial charge in [-0.3, -0.25) is 9.78 Å². The summed E-state index contributed by atoms with van der Waals surface area (Å²) in [7, 11) is 0. The van der Waals surface area contributed by atoms with Crippen molar-refractivity contribution < 1.29 is 9.21 Å². The van der Waals surface area contributed by atoms with E-state index in [2.05, 4.69) is 4.98 Å². The first kappa shape index (κ1) is 12.8. The molecule has 5 nitrogen and oxygen atoms in total. The number of nitrogens with zero attached hydrogens (tertiary/aromatic N) is 3. The fourth-order valence-corrected chi connectivity index (χ4v) is 1.68. The van der Waals surface area contributed by atoms with Gasteiger partial charge >= 0.3 is 0 Å². The quantitative estimate of drug-likeness (QED) is 0.786. The Hall–Kier alpha value is -2.61. The van der Waals surface area contributed by atoms with Crippen LogP contribution in [0, 0.1) is 11.3 Å². The number of furan rings is 1. The summed E-state index contributed by atoms with van der Waals surface area (Å²) in [6.07, 6.45) is 3.34. The molecule has 0 aliphatic heterocycles. The first-order valence-corrected chi connectivity index (χ1v) is 5.92. The average molecular weight is 255 g/mol. The van der Waals surface area contributed by atoms with Gasteiger partial charge in [-0.05, 0) is 31.2 Å². The van der Waals surface area contributed by atoms with Crippen molar-refractivity contribution in [3.05, 3.63) is 42.4 Å². The SMILES string of the molecule is CCN(CC#N)C(=O)c1ccc(-c2cccnc2)o1. The predicted molar refractivity (Wildman–Crippen MR) is 69.1 cm³/mol. The van der Waals surface area contributed by atoms with Crippen LogP contribution >= 0.6 is 0 Å². The van der Waals surface area contributed by atoms with E-state index in [0.29, 0.717) is 12.3 Å². The first-order valence-electron chi connectivity index (χ1n) is 5.92. The molecule has 0 aliphatic carbocycles. The Labute approximate surface area is 111 Å². The summed E-state index contributed by atoms with van der Waals surface area (Å²) < 4.78 is 5.52. The highest BCUT2D eigenvalue weighted by atomic mass is 16.4. The molecule has 5 heteroatoms. The van der Waals surface area contributed by atoms with E-state index in [9.17, 15) is 4.79 Å². The van der Waals surface area contributed by atoms with Gasteiger partial charge in [-0.2, -0.15) is 5.26 Å². The maximum absolute atomic E-state index is 12.1. The third-order valence-corrected chi connectivity index (χ3v) is 2.69. The van der Waals surface area contributed by atoms with Crippen LogP contribution in [0.2, 0.25) is 0 Å². The maximum Gasteiger partial charge on any atom is 0.290 e. The van der Waals surface area contributed by atoms with Crippen LogP contribution in [0.4, 0.5) is 0 Å². The highest BCUT2D eigenvalue weighted by molar-refractivity contribution is 5.92. The fourth-order valence-electron chi connectivity index (χ4n) is 1.68. The number of rotatable bonds is 4. The zero-order valence-electron chi connectivity index (χ0n) is 10.5. The van der Waals surface area contributed by atoms with Crippen molar-refractivity contribution in [1.82, 2.24) is 9.88 Å². The lowest BCUT2D eigenvalue weighted by molar-refractivity contribution is 0.0753. The second-order valence-electron chi connectivity index (χ2n) is 3.88. The summed E-state index contributed by atoms with van der Waals surface area (Å²) in [6.45, 7) is 2.34. The van der Waals surface area contributed by atoms with E-state index in [4.69, 9.17) is 9.68 Å². The van der Waals surface area contributed by atoms with Crippen molar-refractivity contribution in [2.24, 2.45) is 0 Å². The Morgan fingerprint density at radius 2 is 2.32 bits per heavy atom. The van der Waals surface area contributed by atoms with Gasteiger partial charge < -0.3 is 9.32 Å². The second kappa shape index (κ2) is 5.83. The van der Waals surface area contributed by atoms with Gasteiger partial charge in [0.05, 0.1) is 6.07 Å². The van der Waals surface area contributed by atoms with Crippen molar-refractivity contribution >= 4 is 5.91 Å². The number of hydrogen-bond donors (Lipinski definition) is 0. The minimum absolute atomic E-state index is 0.0538. The minimum Gasteiger partial charge on any atom is -0.451 e. The lowest BCUT2D eigenvalue weighted by Gasteiger charge is -2.14. The van der Waals surface area contributed by atoms with E-state index >= 15 is 0 Å². The van der Waals surface area contributed by atoms with Gasteiger partial charge in [-0.1, -0.05) is 0 Å². The largest absolute Gasteiger partial charge is 0.451 e. The van der Waals surface area contributed by atoms with Gasteiger partial charge in [0.2, 0.25) is 0 Å². The fraction of sp³-hybridized carbons (Fsp3) is 0.214. The molecule has 0 bridgehead atoms. The number of pyridine rings is 1. The van der Waals surface area contributed by atoms with E-state index < -0.39 is 0 Å². The van der Waals surface area contributed by atoms with Crippen LogP contribution in [0.3, 0.4) is 0 Å². The minimum atomic E-state index is -0.279. The third kappa shape index (κ3) is 2.80. The van der Waals surface area contributed by atoms with E-state index in [-0.39, 0.29) is 18.2 Å². The zero-order valence-corrected chi connectivity index (χ0v) is 10.5. The monoisotopic (exact) mass is 255 g/mol. The Morgan fingerprint density at radius 1 is 1.47 bits per heavy atom. The van der Waals surface area contributed by atoms with Gasteiger partial charge in [-0.25, -0.2) is 0 Å². The molecule has 0 unspecified atom stereocenters. The molecule has 19 heavy (non-hydrogen) atoms. The maximum atomic E-state index is 12.1. The topological polar surface area (TPSA) is 70.1 Å². The van der Waals surface area contributed by atoms with Gasteiger partial charge in [0, 0.05) is 24.5 Å². The molecule has 0 N–H and O–H groups in total. The molecule has 96 valence electrons. The third-order valence-electron chi connectivity index (χ3n) is 2.69. The molecular weight excluding hydrogens is 242 g/mol. The van der Waals surface area contributed by atoms with Gasteiger partial charge in [0.15, 0.2) is 5.76 Å². The van der Waals surface area contributed by atoms with E-state index in [0.717, 1.165) is 5.56 Å². The van der Waals surface area contributed by atoms with Crippen molar-refractivity contribution in [3.8, 4) is 17.4 Å². The Balaban J connectivity index is 2.22. The number of carbonyl (C=O) groups is 1. The smallest absolute Gasteiger partial charge is 0.290 e. The molecule has 2 heterocycles. The Bertz CT molecular complexity index is 599. The normalized spacial score (nSPS) is 9.89. The van der Waals surface area contributed by atoms with Crippen LogP contribution in [0.15, 0.2) is 41.1 Å². The first-order chi connectivity index (χ1) is 9.26. The Kier molecular flexibility index (Phi) is 3.94. The summed E-state index contributed by atoms with van der Waals surface area (Å²) in [5.74, 6) is 0.541. The Morgan fingerprint density at radius 3 is 2.95 bits per heavy atom. The summed E-state index contributed by atoms with van der Waals surface area (Å²) in [6, 6.07) is 8.96.